The zero-order valence-corrected chi connectivity index (χ0v) is 8.75. The molecule has 2 fully saturated rings. The van der Waals surface area contributed by atoms with Crippen LogP contribution in [-0.2, 0) is 0 Å². The number of ether oxygens (including phenoxy) is 1. The van der Waals surface area contributed by atoms with Crippen molar-refractivity contribution >= 4 is 0 Å². The van der Waals surface area contributed by atoms with Gasteiger partial charge in [0.15, 0.2) is 0 Å². The molecule has 86 valence electrons. The summed E-state index contributed by atoms with van der Waals surface area (Å²) in [6.07, 6.45) is 0. The van der Waals surface area contributed by atoms with Crippen LogP contribution in [0, 0.1) is 29.4 Å². The highest BCUT2D eigenvalue weighted by molar-refractivity contribution is 5.24. The molecule has 3 atom stereocenters. The lowest BCUT2D eigenvalue weighted by Crippen LogP contribution is -2.17. The first-order chi connectivity index (χ1) is 7.74. The minimum Gasteiger partial charge on any atom is -0.493 e. The minimum atomic E-state index is -0.590. The molecule has 2 unspecified atom stereocenters. The fraction of sp³-hybridized carbons (Fsp3) is 0.500. The van der Waals surface area contributed by atoms with Crippen molar-refractivity contribution in [3.8, 4) is 5.75 Å². The van der Waals surface area contributed by atoms with Crippen molar-refractivity contribution in [2.24, 2.45) is 17.8 Å². The van der Waals surface area contributed by atoms with Gasteiger partial charge in [0.25, 0.3) is 0 Å². The number of nitrogens with one attached hydrogen (secondary N) is 1. The summed E-state index contributed by atoms with van der Waals surface area (Å²) in [6, 6.07) is 3.29. The lowest BCUT2D eigenvalue weighted by Gasteiger charge is -2.08. The minimum absolute atomic E-state index is 0.287. The Morgan fingerprint density at radius 3 is 2.38 bits per heavy atom. The molecule has 1 N–H and O–H groups in total. The summed E-state index contributed by atoms with van der Waals surface area (Å²) >= 11 is 0. The van der Waals surface area contributed by atoms with E-state index in [4.69, 9.17) is 4.74 Å². The third kappa shape index (κ3) is 1.78. The Morgan fingerprint density at radius 2 is 1.75 bits per heavy atom. The van der Waals surface area contributed by atoms with Gasteiger partial charge >= 0.3 is 0 Å². The Hall–Kier alpha value is -1.16. The average molecular weight is 225 g/mol. The first-order valence-electron chi connectivity index (χ1n) is 5.53. The first kappa shape index (κ1) is 10.0. The second kappa shape index (κ2) is 3.70. The second-order valence-electron chi connectivity index (χ2n) is 4.57. The molecule has 16 heavy (non-hydrogen) atoms. The summed E-state index contributed by atoms with van der Waals surface area (Å²) in [5, 5.41) is 3.29. The summed E-state index contributed by atoms with van der Waals surface area (Å²) in [7, 11) is 0. The van der Waals surface area contributed by atoms with E-state index in [0.717, 1.165) is 19.2 Å². The number of piperidine rings is 1. The van der Waals surface area contributed by atoms with Gasteiger partial charge in [-0.25, -0.2) is 8.78 Å². The molecule has 2 aliphatic rings. The lowest BCUT2D eigenvalue weighted by atomic mass is 10.3. The zero-order valence-electron chi connectivity index (χ0n) is 8.75. The summed E-state index contributed by atoms with van der Waals surface area (Å²) in [4.78, 5) is 0. The van der Waals surface area contributed by atoms with Crippen molar-refractivity contribution in [2.75, 3.05) is 19.7 Å². The normalized spacial score (nSPS) is 31.2. The predicted molar refractivity (Wildman–Crippen MR) is 55.2 cm³/mol. The molecule has 2 nitrogen and oxygen atoms in total. The SMILES string of the molecule is Fc1cc(F)cc(OCC2C3CNC[C@H]32)c1. The fourth-order valence-corrected chi connectivity index (χ4v) is 2.60. The van der Waals surface area contributed by atoms with Crippen LogP contribution in [0.1, 0.15) is 0 Å². The molecule has 1 saturated heterocycles. The molecule has 0 aromatic heterocycles. The summed E-state index contributed by atoms with van der Waals surface area (Å²) in [5.41, 5.74) is 0. The van der Waals surface area contributed by atoms with E-state index < -0.39 is 11.6 Å². The van der Waals surface area contributed by atoms with Crippen molar-refractivity contribution < 1.29 is 13.5 Å². The Bertz CT molecular complexity index is 380. The molecule has 0 radical (unpaired) electrons. The standard InChI is InChI=1S/C12H13F2NO/c13-7-1-8(14)3-9(2-7)16-6-12-10-4-15-5-11(10)12/h1-3,10-12,15H,4-6H2/t10-,11?,12?/m1/s1. The van der Waals surface area contributed by atoms with Crippen molar-refractivity contribution in [3.63, 3.8) is 0 Å². The van der Waals surface area contributed by atoms with Gasteiger partial charge in [-0.15, -0.1) is 0 Å². The maximum Gasteiger partial charge on any atom is 0.129 e. The molecular formula is C12H13F2NO. The largest absolute Gasteiger partial charge is 0.493 e. The topological polar surface area (TPSA) is 21.3 Å². The average Bonchev–Trinajstić information content (AvgIpc) is 2.68. The van der Waals surface area contributed by atoms with Gasteiger partial charge < -0.3 is 10.1 Å². The van der Waals surface area contributed by atoms with Crippen LogP contribution in [-0.4, -0.2) is 19.7 Å². The van der Waals surface area contributed by atoms with E-state index in [2.05, 4.69) is 5.32 Å². The third-order valence-corrected chi connectivity index (χ3v) is 3.55. The van der Waals surface area contributed by atoms with Crippen LogP contribution in [0.4, 0.5) is 8.78 Å². The van der Waals surface area contributed by atoms with Crippen LogP contribution in [0.2, 0.25) is 0 Å². The summed E-state index contributed by atoms with van der Waals surface area (Å²) < 4.78 is 31.2. The van der Waals surface area contributed by atoms with E-state index in [1.807, 2.05) is 0 Å². The zero-order chi connectivity index (χ0) is 11.1. The predicted octanol–water partition coefficient (Wildman–Crippen LogP) is 1.81. The smallest absolute Gasteiger partial charge is 0.129 e. The Labute approximate surface area is 92.6 Å². The number of hydrogen-bond acceptors (Lipinski definition) is 2. The molecule has 1 aliphatic carbocycles. The molecule has 0 bridgehead atoms. The van der Waals surface area contributed by atoms with Crippen molar-refractivity contribution in [2.45, 2.75) is 0 Å². The molecule has 1 aliphatic heterocycles. The Balaban J connectivity index is 1.58. The van der Waals surface area contributed by atoms with Crippen LogP contribution in [0.5, 0.6) is 5.75 Å². The van der Waals surface area contributed by atoms with Crippen LogP contribution in [0.3, 0.4) is 0 Å². The van der Waals surface area contributed by atoms with Crippen LogP contribution in [0.15, 0.2) is 18.2 Å². The van der Waals surface area contributed by atoms with Crippen LogP contribution in [0.25, 0.3) is 0 Å². The molecular weight excluding hydrogens is 212 g/mol. The summed E-state index contributed by atoms with van der Waals surface area (Å²) in [5.74, 6) is 1.08. The van der Waals surface area contributed by atoms with Crippen molar-refractivity contribution in [1.82, 2.24) is 5.32 Å². The van der Waals surface area contributed by atoms with Gasteiger partial charge in [-0.2, -0.15) is 0 Å². The van der Waals surface area contributed by atoms with E-state index >= 15 is 0 Å². The summed E-state index contributed by atoms with van der Waals surface area (Å²) in [6.45, 7) is 2.67. The molecule has 1 aromatic rings. The quantitative estimate of drug-likeness (QED) is 0.847. The Kier molecular flexibility index (Phi) is 2.32. The number of rotatable bonds is 3. The van der Waals surface area contributed by atoms with Crippen molar-refractivity contribution in [1.29, 1.82) is 0 Å². The van der Waals surface area contributed by atoms with E-state index in [1.165, 1.54) is 12.1 Å². The van der Waals surface area contributed by atoms with E-state index in [1.54, 1.807) is 0 Å². The molecule has 1 aromatic carbocycles. The van der Waals surface area contributed by atoms with Crippen LogP contribution < -0.4 is 10.1 Å². The number of benzene rings is 1. The van der Waals surface area contributed by atoms with E-state index in [-0.39, 0.29) is 5.75 Å². The fourth-order valence-electron chi connectivity index (χ4n) is 2.60. The molecule has 1 heterocycles. The van der Waals surface area contributed by atoms with Crippen LogP contribution >= 0.6 is 0 Å². The monoisotopic (exact) mass is 225 g/mol. The van der Waals surface area contributed by atoms with Gasteiger partial charge in [-0.1, -0.05) is 0 Å². The Morgan fingerprint density at radius 1 is 1.12 bits per heavy atom. The molecule has 0 amide bonds. The highest BCUT2D eigenvalue weighted by atomic mass is 19.1. The molecule has 4 heteroatoms. The lowest BCUT2D eigenvalue weighted by molar-refractivity contribution is 0.278. The van der Waals surface area contributed by atoms with Gasteiger partial charge in [0.1, 0.15) is 17.4 Å². The highest BCUT2D eigenvalue weighted by Crippen LogP contribution is 2.48. The van der Waals surface area contributed by atoms with Gasteiger partial charge in [0.05, 0.1) is 6.61 Å². The maximum atomic E-state index is 12.9. The molecule has 3 rings (SSSR count). The van der Waals surface area contributed by atoms with Crippen molar-refractivity contribution in [3.05, 3.63) is 29.8 Å². The van der Waals surface area contributed by atoms with Gasteiger partial charge in [-0.05, 0) is 24.9 Å². The molecule has 0 spiro atoms. The van der Waals surface area contributed by atoms with Gasteiger partial charge in [0, 0.05) is 24.1 Å². The molecule has 1 saturated carbocycles. The number of fused-ring (bicyclic) bond motifs is 1. The van der Waals surface area contributed by atoms with E-state index in [9.17, 15) is 8.78 Å². The number of hydrogen-bond donors (Lipinski definition) is 1. The second-order valence-corrected chi connectivity index (χ2v) is 4.57. The first-order valence-corrected chi connectivity index (χ1v) is 5.53. The van der Waals surface area contributed by atoms with Gasteiger partial charge in [0.2, 0.25) is 0 Å². The number of halogens is 2. The highest BCUT2D eigenvalue weighted by Gasteiger charge is 2.52. The van der Waals surface area contributed by atoms with Gasteiger partial charge in [-0.3, -0.25) is 0 Å². The van der Waals surface area contributed by atoms with E-state index in [0.29, 0.717) is 24.4 Å². The third-order valence-electron chi connectivity index (χ3n) is 3.55. The maximum absolute atomic E-state index is 12.9.